The van der Waals surface area contributed by atoms with Gasteiger partial charge in [-0.1, -0.05) is 0 Å². The number of nitrogens with zero attached hydrogens (tertiary/aromatic N) is 4. The summed E-state index contributed by atoms with van der Waals surface area (Å²) in [4.78, 5) is 27.8. The molecular weight excluding hydrogens is 404 g/mol. The van der Waals surface area contributed by atoms with Crippen LogP contribution in [0, 0.1) is 23.3 Å². The van der Waals surface area contributed by atoms with Crippen LogP contribution in [0.5, 0.6) is 0 Å². The number of hydrogen-bond acceptors (Lipinski definition) is 4. The Bertz CT molecular complexity index is 1060. The molecule has 1 saturated heterocycles. The van der Waals surface area contributed by atoms with Gasteiger partial charge >= 0.3 is 0 Å². The maximum Gasteiger partial charge on any atom is 0.254 e. The van der Waals surface area contributed by atoms with E-state index < -0.39 is 0 Å². The Labute approximate surface area is 189 Å². The summed E-state index contributed by atoms with van der Waals surface area (Å²) in [6.45, 7) is 3.89. The van der Waals surface area contributed by atoms with E-state index in [0.717, 1.165) is 60.6 Å². The molecule has 1 unspecified atom stereocenters. The molecule has 1 aliphatic heterocycles. The highest BCUT2D eigenvalue weighted by atomic mass is 16.5. The molecule has 2 aliphatic rings. The second-order valence-electron chi connectivity index (χ2n) is 9.04. The van der Waals surface area contributed by atoms with Crippen molar-refractivity contribution in [2.24, 2.45) is 18.9 Å². The van der Waals surface area contributed by atoms with Crippen molar-refractivity contribution in [3.63, 3.8) is 0 Å². The maximum atomic E-state index is 13.2. The third-order valence-corrected chi connectivity index (χ3v) is 7.35. The van der Waals surface area contributed by atoms with Gasteiger partial charge in [0, 0.05) is 56.0 Å². The summed E-state index contributed by atoms with van der Waals surface area (Å²) >= 11 is 0. The maximum absolute atomic E-state index is 13.2. The van der Waals surface area contributed by atoms with Crippen LogP contribution in [0.25, 0.3) is 10.9 Å². The van der Waals surface area contributed by atoms with Gasteiger partial charge in [-0.2, -0.15) is 5.26 Å². The molecule has 0 bridgehead atoms. The Balaban J connectivity index is 1.62. The van der Waals surface area contributed by atoms with E-state index in [-0.39, 0.29) is 18.4 Å². The molecule has 2 aromatic rings. The molecular formula is C25H32N4O3. The van der Waals surface area contributed by atoms with Gasteiger partial charge in [-0.15, -0.1) is 0 Å². The number of hydrogen-bond donors (Lipinski definition) is 0. The number of carbonyl (C=O) groups excluding carboxylic acids is 2. The first-order chi connectivity index (χ1) is 15.4. The van der Waals surface area contributed by atoms with E-state index >= 15 is 0 Å². The highest BCUT2D eigenvalue weighted by molar-refractivity contribution is 6.00. The average molecular weight is 437 g/mol. The molecule has 170 valence electrons. The van der Waals surface area contributed by atoms with Crippen molar-refractivity contribution in [2.45, 2.75) is 39.0 Å². The Hall–Kier alpha value is -2.85. The summed E-state index contributed by atoms with van der Waals surface area (Å²) in [5.41, 5.74) is 4.50. The summed E-state index contributed by atoms with van der Waals surface area (Å²) < 4.78 is 7.85. The number of amides is 2. The van der Waals surface area contributed by atoms with E-state index in [4.69, 9.17) is 10.00 Å². The van der Waals surface area contributed by atoms with Gasteiger partial charge in [0.2, 0.25) is 0 Å². The molecule has 4 rings (SSSR count). The number of nitriles is 1. The van der Waals surface area contributed by atoms with Crippen molar-refractivity contribution in [1.82, 2.24) is 14.4 Å². The number of fused-ring (bicyclic) bond motifs is 3. The molecule has 7 heteroatoms. The highest BCUT2D eigenvalue weighted by Crippen LogP contribution is 2.39. The minimum Gasteiger partial charge on any atom is -0.381 e. The van der Waals surface area contributed by atoms with Crippen molar-refractivity contribution in [3.8, 4) is 6.19 Å². The third kappa shape index (κ3) is 4.12. The fourth-order valence-corrected chi connectivity index (χ4v) is 5.36. The fraction of sp³-hybridized carbons (Fsp3) is 0.560. The molecule has 7 nitrogen and oxygen atoms in total. The van der Waals surface area contributed by atoms with Gasteiger partial charge in [-0.3, -0.25) is 14.5 Å². The monoisotopic (exact) mass is 436 g/mol. The van der Waals surface area contributed by atoms with Gasteiger partial charge in [-0.25, -0.2) is 0 Å². The van der Waals surface area contributed by atoms with Crippen LogP contribution < -0.4 is 0 Å². The van der Waals surface area contributed by atoms with E-state index in [9.17, 15) is 9.59 Å². The summed E-state index contributed by atoms with van der Waals surface area (Å²) in [5, 5.41) is 10.1. The number of rotatable bonds is 5. The molecule has 1 atom stereocenters. The van der Waals surface area contributed by atoms with E-state index in [0.29, 0.717) is 18.0 Å². The van der Waals surface area contributed by atoms with Crippen LogP contribution in [0.2, 0.25) is 0 Å². The van der Waals surface area contributed by atoms with Crippen molar-refractivity contribution in [1.29, 1.82) is 5.26 Å². The predicted molar refractivity (Wildman–Crippen MR) is 122 cm³/mol. The van der Waals surface area contributed by atoms with Crippen molar-refractivity contribution in [3.05, 3.63) is 35.0 Å². The van der Waals surface area contributed by atoms with Crippen LogP contribution in [0.1, 0.15) is 47.8 Å². The number of ether oxygens (including phenoxy) is 1. The number of likely N-dealkylation sites (N-methyl/N-ethyl adjacent to an activating group) is 2. The molecule has 2 amide bonds. The van der Waals surface area contributed by atoms with Crippen molar-refractivity contribution < 1.29 is 14.3 Å². The first-order valence-electron chi connectivity index (χ1n) is 11.6. The van der Waals surface area contributed by atoms with E-state index in [2.05, 4.69) is 11.6 Å². The number of carbonyl (C=O) groups is 2. The quantitative estimate of drug-likeness (QED) is 0.533. The van der Waals surface area contributed by atoms with Crippen LogP contribution in [0.15, 0.2) is 18.2 Å². The molecule has 0 radical (unpaired) electrons. The number of benzene rings is 1. The standard InChI is InChI=1S/C25H32N4O3/c1-4-29(15-24(30)27(2)16-26)25(31)19-6-8-23-21(14-19)20-13-18(5-7-22(20)28(23)3)17-9-11-32-12-10-17/h6,8,14,17-18H,4-5,7,9-13,15H2,1-3H3. The SMILES string of the molecule is CCN(CC(=O)N(C)C#N)C(=O)c1ccc2c(c1)c1c(n2C)CCC(C2CCOCC2)C1. The molecule has 0 N–H and O–H groups in total. The van der Waals surface area contributed by atoms with Gasteiger partial charge in [-0.05, 0) is 74.6 Å². The average Bonchev–Trinajstić information content (AvgIpc) is 3.12. The van der Waals surface area contributed by atoms with Gasteiger partial charge in [0.1, 0.15) is 6.54 Å². The summed E-state index contributed by atoms with van der Waals surface area (Å²) in [7, 11) is 3.53. The Morgan fingerprint density at radius 1 is 1.22 bits per heavy atom. The number of aryl methyl sites for hydroxylation is 1. The molecule has 1 aliphatic carbocycles. The van der Waals surface area contributed by atoms with Crippen LogP contribution >= 0.6 is 0 Å². The summed E-state index contributed by atoms with van der Waals surface area (Å²) in [5.74, 6) is 0.821. The van der Waals surface area contributed by atoms with E-state index in [1.54, 1.807) is 6.19 Å². The van der Waals surface area contributed by atoms with Crippen molar-refractivity contribution in [2.75, 3.05) is 33.4 Å². The molecule has 1 fully saturated rings. The fourth-order valence-electron chi connectivity index (χ4n) is 5.36. The molecule has 0 spiro atoms. The molecule has 2 heterocycles. The van der Waals surface area contributed by atoms with Crippen LogP contribution in [0.3, 0.4) is 0 Å². The first-order valence-corrected chi connectivity index (χ1v) is 11.6. The van der Waals surface area contributed by atoms with Gasteiger partial charge in [0.05, 0.1) is 0 Å². The van der Waals surface area contributed by atoms with Crippen LogP contribution in [-0.4, -0.2) is 59.5 Å². The number of aromatic nitrogens is 1. The van der Waals surface area contributed by atoms with Crippen molar-refractivity contribution >= 4 is 22.7 Å². The minimum absolute atomic E-state index is 0.101. The van der Waals surface area contributed by atoms with Crippen LogP contribution in [-0.2, 0) is 29.4 Å². The zero-order valence-electron chi connectivity index (χ0n) is 19.3. The predicted octanol–water partition coefficient (Wildman–Crippen LogP) is 3.11. The lowest BCUT2D eigenvalue weighted by molar-refractivity contribution is -0.127. The molecule has 1 aromatic carbocycles. The lowest BCUT2D eigenvalue weighted by Crippen LogP contribution is -2.40. The topological polar surface area (TPSA) is 78.6 Å². The second kappa shape index (κ2) is 9.33. The molecule has 32 heavy (non-hydrogen) atoms. The van der Waals surface area contributed by atoms with Gasteiger partial charge in [0.15, 0.2) is 6.19 Å². The van der Waals surface area contributed by atoms with Gasteiger partial charge < -0.3 is 14.2 Å². The zero-order valence-corrected chi connectivity index (χ0v) is 19.3. The van der Waals surface area contributed by atoms with E-state index in [1.807, 2.05) is 25.1 Å². The second-order valence-corrected chi connectivity index (χ2v) is 9.04. The lowest BCUT2D eigenvalue weighted by Gasteiger charge is -2.33. The Morgan fingerprint density at radius 2 is 1.97 bits per heavy atom. The first kappa shape index (κ1) is 22.3. The summed E-state index contributed by atoms with van der Waals surface area (Å²) in [6, 6.07) is 5.89. The third-order valence-electron chi connectivity index (χ3n) is 7.35. The van der Waals surface area contributed by atoms with E-state index in [1.165, 1.54) is 29.6 Å². The minimum atomic E-state index is -0.389. The van der Waals surface area contributed by atoms with Gasteiger partial charge in [0.25, 0.3) is 11.8 Å². The Morgan fingerprint density at radius 3 is 2.66 bits per heavy atom. The molecule has 0 saturated carbocycles. The van der Waals surface area contributed by atoms with Crippen LogP contribution in [0.4, 0.5) is 0 Å². The smallest absolute Gasteiger partial charge is 0.254 e. The molecule has 1 aromatic heterocycles. The summed E-state index contributed by atoms with van der Waals surface area (Å²) in [6.07, 6.45) is 7.43. The zero-order chi connectivity index (χ0) is 22.8. The normalized spacial score (nSPS) is 18.8. The highest BCUT2D eigenvalue weighted by Gasteiger charge is 2.31. The Kier molecular flexibility index (Phi) is 6.52. The lowest BCUT2D eigenvalue weighted by atomic mass is 9.75. The largest absolute Gasteiger partial charge is 0.381 e.